The van der Waals surface area contributed by atoms with Gasteiger partial charge in [0.05, 0.1) is 23.9 Å². The highest BCUT2D eigenvalue weighted by Gasteiger charge is 2.31. The van der Waals surface area contributed by atoms with Crippen molar-refractivity contribution in [2.45, 2.75) is 33.2 Å². The molecular formula is C21H29N3O5S2. The molecule has 0 aliphatic carbocycles. The van der Waals surface area contributed by atoms with E-state index in [0.29, 0.717) is 17.1 Å². The van der Waals surface area contributed by atoms with Gasteiger partial charge in [0, 0.05) is 12.7 Å². The van der Waals surface area contributed by atoms with Crippen LogP contribution in [0.15, 0.2) is 42.5 Å². The van der Waals surface area contributed by atoms with Crippen molar-refractivity contribution in [1.82, 2.24) is 0 Å². The summed E-state index contributed by atoms with van der Waals surface area (Å²) in [5.41, 5.74) is 3.09. The third kappa shape index (κ3) is 5.98. The van der Waals surface area contributed by atoms with E-state index in [4.69, 9.17) is 0 Å². The van der Waals surface area contributed by atoms with Crippen LogP contribution in [0.1, 0.15) is 24.5 Å². The third-order valence-corrected chi connectivity index (χ3v) is 7.44. The highest BCUT2D eigenvalue weighted by molar-refractivity contribution is 7.92. The van der Waals surface area contributed by atoms with Crippen LogP contribution >= 0.6 is 0 Å². The van der Waals surface area contributed by atoms with Crippen molar-refractivity contribution in [2.24, 2.45) is 0 Å². The number of carbonyl (C=O) groups is 1. The molecule has 0 aliphatic rings. The van der Waals surface area contributed by atoms with E-state index in [-0.39, 0.29) is 6.42 Å². The van der Waals surface area contributed by atoms with Crippen LogP contribution in [0.25, 0.3) is 0 Å². The number of nitrogens with zero attached hydrogens (tertiary/aromatic N) is 2. The number of rotatable bonds is 8. The van der Waals surface area contributed by atoms with Crippen LogP contribution < -0.4 is 13.9 Å². The van der Waals surface area contributed by atoms with Crippen LogP contribution in [0.2, 0.25) is 0 Å². The molecule has 170 valence electrons. The average Bonchev–Trinajstić information content (AvgIpc) is 2.66. The van der Waals surface area contributed by atoms with Crippen molar-refractivity contribution in [3.05, 3.63) is 53.6 Å². The number of amides is 1. The summed E-state index contributed by atoms with van der Waals surface area (Å²) in [6.45, 7) is 5.54. The van der Waals surface area contributed by atoms with E-state index in [0.717, 1.165) is 32.2 Å². The monoisotopic (exact) mass is 467 g/mol. The standard InChI is InChI=1S/C21H29N3O5S2/c1-7-20(24(31(6,28)29)19-12-11-15(2)16(3)13-19)21(25)22-17-9-8-10-18(14-17)23(4)30(5,26)27/h8-14,20H,7H2,1-6H3,(H,22,25)/t20-/m0/s1. The first kappa shape index (κ1) is 24.7. The normalized spacial score (nSPS) is 12.8. The fourth-order valence-corrected chi connectivity index (χ4v) is 4.82. The Morgan fingerprint density at radius 3 is 2.10 bits per heavy atom. The summed E-state index contributed by atoms with van der Waals surface area (Å²) < 4.78 is 51.0. The van der Waals surface area contributed by atoms with E-state index in [1.807, 2.05) is 19.9 Å². The maximum atomic E-state index is 13.1. The molecule has 0 saturated carbocycles. The maximum Gasteiger partial charge on any atom is 0.248 e. The molecule has 1 atom stereocenters. The molecule has 0 radical (unpaired) electrons. The Kier molecular flexibility index (Phi) is 7.38. The van der Waals surface area contributed by atoms with Crippen LogP contribution in [-0.4, -0.2) is 48.3 Å². The van der Waals surface area contributed by atoms with E-state index in [2.05, 4.69) is 5.32 Å². The van der Waals surface area contributed by atoms with Gasteiger partial charge in [-0.05, 0) is 61.7 Å². The van der Waals surface area contributed by atoms with Crippen LogP contribution in [0.4, 0.5) is 17.1 Å². The molecule has 10 heteroatoms. The van der Waals surface area contributed by atoms with Gasteiger partial charge in [0.15, 0.2) is 0 Å². The number of nitrogens with one attached hydrogen (secondary N) is 1. The fraction of sp³-hybridized carbons (Fsp3) is 0.381. The van der Waals surface area contributed by atoms with Gasteiger partial charge in [-0.2, -0.15) is 0 Å². The van der Waals surface area contributed by atoms with Gasteiger partial charge < -0.3 is 5.32 Å². The molecule has 0 unspecified atom stereocenters. The van der Waals surface area contributed by atoms with Gasteiger partial charge in [-0.3, -0.25) is 13.4 Å². The van der Waals surface area contributed by atoms with Crippen LogP contribution in [-0.2, 0) is 24.8 Å². The van der Waals surface area contributed by atoms with Gasteiger partial charge in [0.25, 0.3) is 0 Å². The summed E-state index contributed by atoms with van der Waals surface area (Å²) in [4.78, 5) is 13.1. The molecule has 0 aromatic heterocycles. The number of hydrogen-bond acceptors (Lipinski definition) is 5. The second kappa shape index (κ2) is 9.27. The van der Waals surface area contributed by atoms with Crippen LogP contribution in [0, 0.1) is 13.8 Å². The maximum absolute atomic E-state index is 13.1. The summed E-state index contributed by atoms with van der Waals surface area (Å²) in [6.07, 6.45) is 2.40. The van der Waals surface area contributed by atoms with E-state index < -0.39 is 32.0 Å². The number of carbonyl (C=O) groups excluding carboxylic acids is 1. The second-order valence-corrected chi connectivity index (χ2v) is 11.4. The quantitative estimate of drug-likeness (QED) is 0.643. The number of sulfonamides is 2. The average molecular weight is 468 g/mol. The minimum absolute atomic E-state index is 0.245. The highest BCUT2D eigenvalue weighted by Crippen LogP contribution is 2.26. The van der Waals surface area contributed by atoms with Crippen molar-refractivity contribution in [2.75, 3.05) is 33.5 Å². The molecule has 0 saturated heterocycles. The largest absolute Gasteiger partial charge is 0.324 e. The van der Waals surface area contributed by atoms with Gasteiger partial charge in [-0.25, -0.2) is 16.8 Å². The summed E-state index contributed by atoms with van der Waals surface area (Å²) in [5.74, 6) is -0.509. The first-order valence-corrected chi connectivity index (χ1v) is 13.4. The Hall–Kier alpha value is -2.59. The Balaban J connectivity index is 2.40. The predicted molar refractivity (Wildman–Crippen MR) is 126 cm³/mol. The van der Waals surface area contributed by atoms with Crippen LogP contribution in [0.3, 0.4) is 0 Å². The zero-order valence-corrected chi connectivity index (χ0v) is 20.2. The first-order valence-electron chi connectivity index (χ1n) is 9.67. The molecule has 1 N–H and O–H groups in total. The molecule has 0 aliphatic heterocycles. The lowest BCUT2D eigenvalue weighted by Gasteiger charge is -2.30. The summed E-state index contributed by atoms with van der Waals surface area (Å²) >= 11 is 0. The molecule has 0 heterocycles. The van der Waals surface area contributed by atoms with E-state index >= 15 is 0 Å². The van der Waals surface area contributed by atoms with Crippen molar-refractivity contribution < 1.29 is 21.6 Å². The summed E-state index contributed by atoms with van der Waals surface area (Å²) in [7, 11) is -5.80. The smallest absolute Gasteiger partial charge is 0.248 e. The number of hydrogen-bond donors (Lipinski definition) is 1. The molecule has 31 heavy (non-hydrogen) atoms. The minimum Gasteiger partial charge on any atom is -0.324 e. The molecule has 0 spiro atoms. The van der Waals surface area contributed by atoms with E-state index in [9.17, 15) is 21.6 Å². The third-order valence-electron chi connectivity index (χ3n) is 5.05. The van der Waals surface area contributed by atoms with E-state index in [1.54, 1.807) is 37.3 Å². The van der Waals surface area contributed by atoms with Crippen LogP contribution in [0.5, 0.6) is 0 Å². The molecule has 1 amide bonds. The zero-order valence-electron chi connectivity index (χ0n) is 18.6. The number of benzene rings is 2. The summed E-state index contributed by atoms with van der Waals surface area (Å²) in [6, 6.07) is 10.6. The minimum atomic E-state index is -3.75. The lowest BCUT2D eigenvalue weighted by Crippen LogP contribution is -2.47. The fourth-order valence-electron chi connectivity index (χ4n) is 3.12. The first-order chi connectivity index (χ1) is 14.3. The van der Waals surface area contributed by atoms with Crippen molar-refractivity contribution in [3.63, 3.8) is 0 Å². The summed E-state index contributed by atoms with van der Waals surface area (Å²) in [5, 5.41) is 2.72. The van der Waals surface area contributed by atoms with E-state index in [1.165, 1.54) is 13.1 Å². The molecular weight excluding hydrogens is 438 g/mol. The van der Waals surface area contributed by atoms with Crippen molar-refractivity contribution >= 4 is 43.0 Å². The zero-order chi connectivity index (χ0) is 23.6. The number of aryl methyl sites for hydroxylation is 2. The molecule has 0 fully saturated rings. The molecule has 8 nitrogen and oxygen atoms in total. The Morgan fingerprint density at radius 2 is 1.58 bits per heavy atom. The van der Waals surface area contributed by atoms with Crippen molar-refractivity contribution in [1.29, 1.82) is 0 Å². The van der Waals surface area contributed by atoms with Gasteiger partial charge in [-0.1, -0.05) is 19.1 Å². The van der Waals surface area contributed by atoms with Gasteiger partial charge >= 0.3 is 0 Å². The SMILES string of the molecule is CC[C@@H](C(=O)Nc1cccc(N(C)S(C)(=O)=O)c1)N(c1ccc(C)c(C)c1)S(C)(=O)=O. The Labute approximate surface area is 185 Å². The van der Waals surface area contributed by atoms with Crippen molar-refractivity contribution in [3.8, 4) is 0 Å². The topological polar surface area (TPSA) is 104 Å². The lowest BCUT2D eigenvalue weighted by molar-refractivity contribution is -0.117. The molecule has 0 bridgehead atoms. The van der Waals surface area contributed by atoms with Gasteiger partial charge in [-0.15, -0.1) is 0 Å². The molecule has 2 rings (SSSR count). The highest BCUT2D eigenvalue weighted by atomic mass is 32.2. The second-order valence-electron chi connectivity index (χ2n) is 7.52. The predicted octanol–water partition coefficient (Wildman–Crippen LogP) is 2.88. The Bertz CT molecular complexity index is 1180. The number of anilines is 3. The van der Waals surface area contributed by atoms with Gasteiger partial charge in [0.1, 0.15) is 6.04 Å². The lowest BCUT2D eigenvalue weighted by atomic mass is 10.1. The molecule has 2 aromatic rings. The van der Waals surface area contributed by atoms with Gasteiger partial charge in [0.2, 0.25) is 26.0 Å². The Morgan fingerprint density at radius 1 is 0.935 bits per heavy atom. The molecule has 2 aromatic carbocycles.